The van der Waals surface area contributed by atoms with Crippen LogP contribution in [0.25, 0.3) is 0 Å². The molecule has 1 saturated heterocycles. The van der Waals surface area contributed by atoms with Crippen molar-refractivity contribution in [2.45, 2.75) is 39.2 Å². The molecule has 138 valence electrons. The molecular formula is C19H23N3O4. The van der Waals surface area contributed by atoms with E-state index in [1.807, 2.05) is 26.8 Å². The van der Waals surface area contributed by atoms with Gasteiger partial charge < -0.3 is 15.2 Å². The Hall–Kier alpha value is -2.51. The van der Waals surface area contributed by atoms with Gasteiger partial charge in [-0.25, -0.2) is 9.36 Å². The van der Waals surface area contributed by atoms with E-state index in [0.29, 0.717) is 5.56 Å². The van der Waals surface area contributed by atoms with Gasteiger partial charge in [0.05, 0.1) is 6.10 Å². The number of nitrogens with one attached hydrogen (secondary N) is 1. The summed E-state index contributed by atoms with van der Waals surface area (Å²) in [6.45, 7) is 5.81. The van der Waals surface area contributed by atoms with Gasteiger partial charge in [-0.15, -0.1) is 0 Å². The van der Waals surface area contributed by atoms with E-state index in [0.717, 1.165) is 11.0 Å². The fourth-order valence-electron chi connectivity index (χ4n) is 3.33. The zero-order valence-electron chi connectivity index (χ0n) is 15.0. The Bertz CT molecular complexity index is 851. The lowest BCUT2D eigenvalue weighted by Gasteiger charge is -2.29. The second-order valence-electron chi connectivity index (χ2n) is 6.66. The quantitative estimate of drug-likeness (QED) is 0.875. The van der Waals surface area contributed by atoms with Crippen molar-refractivity contribution in [1.29, 1.82) is 0 Å². The van der Waals surface area contributed by atoms with Gasteiger partial charge in [0.15, 0.2) is 0 Å². The molecule has 0 radical (unpaired) electrons. The molecular weight excluding hydrogens is 334 g/mol. The summed E-state index contributed by atoms with van der Waals surface area (Å²) in [5.41, 5.74) is -0.223. The summed E-state index contributed by atoms with van der Waals surface area (Å²) < 4.78 is 6.86. The first kappa shape index (κ1) is 18.3. The minimum Gasteiger partial charge on any atom is -0.348 e. The largest absolute Gasteiger partial charge is 0.353 e. The van der Waals surface area contributed by atoms with Crippen LogP contribution in [-0.4, -0.2) is 26.7 Å². The van der Waals surface area contributed by atoms with Gasteiger partial charge >= 0.3 is 5.69 Å². The molecule has 7 heteroatoms. The van der Waals surface area contributed by atoms with Gasteiger partial charge in [-0.05, 0) is 30.5 Å². The molecule has 0 saturated carbocycles. The van der Waals surface area contributed by atoms with E-state index in [9.17, 15) is 14.7 Å². The average molecular weight is 357 g/mol. The highest BCUT2D eigenvalue weighted by atomic mass is 16.7. The molecule has 2 heterocycles. The van der Waals surface area contributed by atoms with Crippen LogP contribution in [0.5, 0.6) is 0 Å². The maximum absolute atomic E-state index is 12.5. The molecule has 2 N–H and O–H groups in total. The van der Waals surface area contributed by atoms with Crippen molar-refractivity contribution in [1.82, 2.24) is 9.55 Å². The lowest BCUT2D eigenvalue weighted by molar-refractivity contribution is -0.273. The number of ether oxygens (including phenoxy) is 1. The van der Waals surface area contributed by atoms with E-state index in [1.165, 1.54) is 12.3 Å². The number of aromatic nitrogens is 2. The highest BCUT2D eigenvalue weighted by Gasteiger charge is 2.51. The van der Waals surface area contributed by atoms with E-state index in [4.69, 9.17) is 4.74 Å². The van der Waals surface area contributed by atoms with Crippen LogP contribution in [0.1, 0.15) is 37.6 Å². The zero-order chi connectivity index (χ0) is 18.9. The maximum Gasteiger partial charge on any atom is 0.353 e. The van der Waals surface area contributed by atoms with Crippen molar-refractivity contribution in [2.24, 2.45) is 11.8 Å². The molecule has 0 aliphatic carbocycles. The summed E-state index contributed by atoms with van der Waals surface area (Å²) in [4.78, 5) is 28.5. The molecule has 1 amide bonds. The normalized spacial score (nSPS) is 28.1. The molecule has 1 aliphatic rings. The number of hydrogen-bond donors (Lipinski definition) is 2. The molecule has 2 aromatic rings. The number of anilines is 1. The third-order valence-corrected chi connectivity index (χ3v) is 5.12. The van der Waals surface area contributed by atoms with Crippen LogP contribution in [0, 0.1) is 11.8 Å². The summed E-state index contributed by atoms with van der Waals surface area (Å²) in [7, 11) is 0. The number of aliphatic hydroxyl groups is 1. The molecule has 26 heavy (non-hydrogen) atoms. The molecule has 1 aromatic heterocycles. The van der Waals surface area contributed by atoms with Crippen LogP contribution in [0.4, 0.5) is 5.82 Å². The molecule has 1 aromatic carbocycles. The SMILES string of the molecule is CC[C@H]1O[C@@](O)(n2ccc(NC(=O)c3ccccc3)nc2=O)[C@@H](C)C1C. The third kappa shape index (κ3) is 3.15. The summed E-state index contributed by atoms with van der Waals surface area (Å²) >= 11 is 0. The first-order chi connectivity index (χ1) is 12.4. The number of rotatable bonds is 4. The molecule has 1 unspecified atom stereocenters. The Morgan fingerprint density at radius 3 is 2.58 bits per heavy atom. The number of carbonyl (C=O) groups excluding carboxylic acids is 1. The highest BCUT2D eigenvalue weighted by molar-refractivity contribution is 6.03. The number of benzene rings is 1. The molecule has 7 nitrogen and oxygen atoms in total. The fraction of sp³-hybridized carbons (Fsp3) is 0.421. The van der Waals surface area contributed by atoms with Crippen molar-refractivity contribution in [3.05, 3.63) is 58.6 Å². The monoisotopic (exact) mass is 357 g/mol. The minimum absolute atomic E-state index is 0.0920. The van der Waals surface area contributed by atoms with E-state index in [-0.39, 0.29) is 29.7 Å². The topological polar surface area (TPSA) is 93.4 Å². The molecule has 1 aliphatic heterocycles. The van der Waals surface area contributed by atoms with Crippen LogP contribution in [-0.2, 0) is 10.6 Å². The Labute approximate surface area is 151 Å². The predicted molar refractivity (Wildman–Crippen MR) is 96.6 cm³/mol. The summed E-state index contributed by atoms with van der Waals surface area (Å²) in [5, 5.41) is 13.5. The van der Waals surface area contributed by atoms with Crippen molar-refractivity contribution < 1.29 is 14.6 Å². The summed E-state index contributed by atoms with van der Waals surface area (Å²) in [6, 6.07) is 10.1. The van der Waals surface area contributed by atoms with Gasteiger partial charge in [0.25, 0.3) is 11.8 Å². The average Bonchev–Trinajstić information content (AvgIpc) is 2.87. The van der Waals surface area contributed by atoms with Gasteiger partial charge in [0.1, 0.15) is 5.82 Å². The highest BCUT2D eigenvalue weighted by Crippen LogP contribution is 2.42. The number of carbonyl (C=O) groups is 1. The maximum atomic E-state index is 12.5. The van der Waals surface area contributed by atoms with E-state index in [1.54, 1.807) is 24.3 Å². The smallest absolute Gasteiger partial charge is 0.348 e. The summed E-state index contributed by atoms with van der Waals surface area (Å²) in [6.07, 6.45) is 2.00. The first-order valence-electron chi connectivity index (χ1n) is 8.73. The lowest BCUT2D eigenvalue weighted by Crippen LogP contribution is -2.46. The fourth-order valence-corrected chi connectivity index (χ4v) is 3.33. The zero-order valence-corrected chi connectivity index (χ0v) is 15.0. The predicted octanol–water partition coefficient (Wildman–Crippen LogP) is 2.18. The molecule has 3 rings (SSSR count). The lowest BCUT2D eigenvalue weighted by atomic mass is 9.90. The molecule has 4 atom stereocenters. The second-order valence-corrected chi connectivity index (χ2v) is 6.66. The second kappa shape index (κ2) is 7.01. The van der Waals surface area contributed by atoms with Gasteiger partial charge in [-0.3, -0.25) is 4.79 Å². The first-order valence-corrected chi connectivity index (χ1v) is 8.73. The molecule has 0 bridgehead atoms. The van der Waals surface area contributed by atoms with Gasteiger partial charge in [0, 0.05) is 17.7 Å². The van der Waals surface area contributed by atoms with Crippen molar-refractivity contribution in [3.63, 3.8) is 0 Å². The van der Waals surface area contributed by atoms with Crippen LogP contribution in [0.3, 0.4) is 0 Å². The van der Waals surface area contributed by atoms with Crippen LogP contribution in [0.2, 0.25) is 0 Å². The van der Waals surface area contributed by atoms with Crippen molar-refractivity contribution >= 4 is 11.7 Å². The Balaban J connectivity index is 1.84. The molecule has 1 fully saturated rings. The van der Waals surface area contributed by atoms with E-state index in [2.05, 4.69) is 10.3 Å². The van der Waals surface area contributed by atoms with Crippen LogP contribution in [0.15, 0.2) is 47.4 Å². The Morgan fingerprint density at radius 2 is 2.00 bits per heavy atom. The van der Waals surface area contributed by atoms with Crippen molar-refractivity contribution in [3.8, 4) is 0 Å². The molecule has 0 spiro atoms. The van der Waals surface area contributed by atoms with Crippen LogP contribution >= 0.6 is 0 Å². The van der Waals surface area contributed by atoms with Gasteiger partial charge in [-0.2, -0.15) is 4.98 Å². The van der Waals surface area contributed by atoms with Gasteiger partial charge in [-0.1, -0.05) is 39.0 Å². The number of amides is 1. The third-order valence-electron chi connectivity index (χ3n) is 5.12. The Kier molecular flexibility index (Phi) is 4.93. The van der Waals surface area contributed by atoms with E-state index < -0.39 is 11.6 Å². The van der Waals surface area contributed by atoms with E-state index >= 15 is 0 Å². The van der Waals surface area contributed by atoms with Gasteiger partial charge in [0.2, 0.25) is 0 Å². The summed E-state index contributed by atoms with van der Waals surface area (Å²) in [5.74, 6) is -2.17. The van der Waals surface area contributed by atoms with Crippen molar-refractivity contribution in [2.75, 3.05) is 5.32 Å². The minimum atomic E-state index is -1.74. The Morgan fingerprint density at radius 1 is 1.31 bits per heavy atom. The standard InChI is InChI=1S/C19H23N3O4/c1-4-15-12(2)13(3)19(25,26-15)22-11-10-16(21-18(22)24)20-17(23)14-8-6-5-7-9-14/h5-13,15,25H,4H2,1-3H3,(H,20,21,23,24)/t12?,13-,15+,19+/m0/s1. The number of nitrogens with zero attached hydrogens (tertiary/aromatic N) is 2. The van der Waals surface area contributed by atoms with Crippen LogP contribution < -0.4 is 11.0 Å². The number of hydrogen-bond acceptors (Lipinski definition) is 5.